The van der Waals surface area contributed by atoms with Crippen molar-refractivity contribution in [3.63, 3.8) is 0 Å². The van der Waals surface area contributed by atoms with Crippen LogP contribution in [0, 0.1) is 0 Å². The topological polar surface area (TPSA) is 9.23 Å². The summed E-state index contributed by atoms with van der Waals surface area (Å²) in [5, 5.41) is 0. The average Bonchev–Trinajstić information content (AvgIpc) is 2.44. The normalized spacial score (nSPS) is 12.8. The van der Waals surface area contributed by atoms with Crippen molar-refractivity contribution in [2.24, 2.45) is 0 Å². The number of unbranched alkanes of at least 4 members (excludes halogenated alkanes) is 3. The van der Waals surface area contributed by atoms with E-state index in [0.717, 1.165) is 6.61 Å². The zero-order valence-electron chi connectivity index (χ0n) is 13.4. The molecule has 0 aliphatic rings. The van der Waals surface area contributed by atoms with Gasteiger partial charge in [0.25, 0.3) is 0 Å². The Bertz CT molecular complexity index is 219. The van der Waals surface area contributed by atoms with E-state index >= 15 is 0 Å². The zero-order chi connectivity index (χ0) is 14.6. The van der Waals surface area contributed by atoms with Crippen molar-refractivity contribution in [3.8, 4) is 0 Å². The Morgan fingerprint density at radius 2 is 1.32 bits per heavy atom. The fourth-order valence-electron chi connectivity index (χ4n) is 2.75. The molecule has 19 heavy (non-hydrogen) atoms. The van der Waals surface area contributed by atoms with Crippen LogP contribution in [0.5, 0.6) is 0 Å². The summed E-state index contributed by atoms with van der Waals surface area (Å²) in [4.78, 5) is 0. The number of ether oxygens (including phenoxy) is 1. The van der Waals surface area contributed by atoms with Crippen LogP contribution in [0.3, 0.4) is 0 Å². The van der Waals surface area contributed by atoms with Crippen molar-refractivity contribution < 1.29 is 4.74 Å². The molecule has 1 nitrogen and oxygen atoms in total. The first kappa shape index (κ1) is 19.6. The molecule has 0 spiro atoms. The Hall–Kier alpha value is 0.629. The van der Waals surface area contributed by atoms with E-state index in [1.54, 1.807) is 5.54 Å². The van der Waals surface area contributed by atoms with E-state index in [1.807, 2.05) is 0 Å². The Labute approximate surface area is 130 Å². The van der Waals surface area contributed by atoms with Crippen LogP contribution in [-0.2, 0) is 4.74 Å². The van der Waals surface area contributed by atoms with Crippen molar-refractivity contribution >= 4 is 30.0 Å². The van der Waals surface area contributed by atoms with Crippen LogP contribution in [0.15, 0.2) is 9.31 Å². The summed E-state index contributed by atoms with van der Waals surface area (Å²) < 4.78 is 11.5. The van der Waals surface area contributed by atoms with Gasteiger partial charge in [-0.25, -0.2) is 0 Å². The summed E-state index contributed by atoms with van der Waals surface area (Å²) >= 11 is 3.77. The third-order valence-electron chi connectivity index (χ3n) is 3.95. The minimum atomic E-state index is -2.36. The molecule has 0 saturated carbocycles. The standard InChI is InChI=1S/C4H6ClO.3C4H9.Sn/c1-2-6-4-3-5;3*1-3-4-2;/h3H,2H2,1H3;3*1,3-4H2,2H3;. The molecule has 0 N–H and O–H groups in total. The van der Waals surface area contributed by atoms with Crippen molar-refractivity contribution in [2.45, 2.75) is 79.5 Å². The molecule has 0 bridgehead atoms. The van der Waals surface area contributed by atoms with E-state index in [-0.39, 0.29) is 0 Å². The third kappa shape index (κ3) is 7.26. The van der Waals surface area contributed by atoms with Gasteiger partial charge in [-0.2, -0.15) is 0 Å². The molecule has 0 radical (unpaired) electrons. The van der Waals surface area contributed by atoms with Crippen LogP contribution >= 0.6 is 11.6 Å². The molecular weight excluding hydrogens is 362 g/mol. The molecule has 0 fully saturated rings. The van der Waals surface area contributed by atoms with Crippen LogP contribution in [0.2, 0.25) is 13.3 Å². The molecule has 0 amide bonds. The first-order chi connectivity index (χ1) is 9.20. The number of halogens is 1. The molecule has 0 unspecified atom stereocenters. The third-order valence-corrected chi connectivity index (χ3v) is 19.7. The van der Waals surface area contributed by atoms with Gasteiger partial charge in [-0.05, 0) is 0 Å². The fourth-order valence-corrected chi connectivity index (χ4v) is 19.4. The second kappa shape index (κ2) is 12.4. The second-order valence-electron chi connectivity index (χ2n) is 5.50. The van der Waals surface area contributed by atoms with Crippen molar-refractivity contribution in [1.82, 2.24) is 0 Å². The Balaban J connectivity index is 5.05. The van der Waals surface area contributed by atoms with Gasteiger partial charge >= 0.3 is 130 Å². The summed E-state index contributed by atoms with van der Waals surface area (Å²) in [5.41, 5.74) is 1.79. The quantitative estimate of drug-likeness (QED) is 0.271. The molecule has 114 valence electrons. The molecule has 0 aromatic heterocycles. The van der Waals surface area contributed by atoms with Gasteiger partial charge in [0.1, 0.15) is 0 Å². The SMILES string of the molecule is CCC[CH2][Sn]([CH2]CCC)([CH2]CCC)[C](=CCl)OCC. The van der Waals surface area contributed by atoms with Crippen LogP contribution in [0.1, 0.15) is 66.2 Å². The van der Waals surface area contributed by atoms with Gasteiger partial charge < -0.3 is 0 Å². The van der Waals surface area contributed by atoms with E-state index in [2.05, 4.69) is 27.7 Å². The summed E-state index contributed by atoms with van der Waals surface area (Å²) in [7, 11) is 0. The Kier molecular flexibility index (Phi) is 12.8. The number of rotatable bonds is 12. The van der Waals surface area contributed by atoms with Gasteiger partial charge in [0.05, 0.1) is 0 Å². The Morgan fingerprint density at radius 3 is 1.58 bits per heavy atom. The molecule has 3 heteroatoms. The summed E-state index contributed by atoms with van der Waals surface area (Å²) in [6, 6.07) is 0. The predicted octanol–water partition coefficient (Wildman–Crippen LogP) is 6.49. The van der Waals surface area contributed by atoms with Gasteiger partial charge in [-0.1, -0.05) is 0 Å². The first-order valence-corrected chi connectivity index (χ1v) is 16.1. The van der Waals surface area contributed by atoms with Gasteiger partial charge in [0.2, 0.25) is 0 Å². The van der Waals surface area contributed by atoms with Crippen molar-refractivity contribution in [3.05, 3.63) is 9.31 Å². The first-order valence-electron chi connectivity index (χ1n) is 8.14. The van der Waals surface area contributed by atoms with Crippen LogP contribution in [-0.4, -0.2) is 25.0 Å². The molecule has 0 aromatic rings. The fraction of sp³-hybridized carbons (Fsp3) is 0.875. The van der Waals surface area contributed by atoms with Crippen LogP contribution < -0.4 is 0 Å². The monoisotopic (exact) mass is 396 g/mol. The predicted molar refractivity (Wildman–Crippen MR) is 90.5 cm³/mol. The molecule has 0 aromatic carbocycles. The van der Waals surface area contributed by atoms with E-state index in [0.29, 0.717) is 0 Å². The summed E-state index contributed by atoms with van der Waals surface area (Å²) in [6.07, 6.45) is 7.93. The van der Waals surface area contributed by atoms with Gasteiger partial charge in [0, 0.05) is 0 Å². The number of hydrogen-bond acceptors (Lipinski definition) is 1. The second-order valence-corrected chi connectivity index (χ2v) is 18.7. The van der Waals surface area contributed by atoms with E-state index < -0.39 is 18.4 Å². The van der Waals surface area contributed by atoms with E-state index in [1.165, 1.54) is 55.6 Å². The van der Waals surface area contributed by atoms with Crippen LogP contribution in [0.25, 0.3) is 0 Å². The molecule has 0 atom stereocenters. The van der Waals surface area contributed by atoms with Gasteiger partial charge in [0.15, 0.2) is 0 Å². The van der Waals surface area contributed by atoms with Gasteiger partial charge in [-0.3, -0.25) is 0 Å². The number of hydrogen-bond donors (Lipinski definition) is 0. The van der Waals surface area contributed by atoms with Gasteiger partial charge in [-0.15, -0.1) is 0 Å². The minimum absolute atomic E-state index is 0.765. The van der Waals surface area contributed by atoms with E-state index in [4.69, 9.17) is 16.3 Å². The van der Waals surface area contributed by atoms with E-state index in [9.17, 15) is 0 Å². The Morgan fingerprint density at radius 1 is 0.895 bits per heavy atom. The maximum absolute atomic E-state index is 6.13. The summed E-state index contributed by atoms with van der Waals surface area (Å²) in [6.45, 7) is 9.72. The molecule has 0 aliphatic carbocycles. The zero-order valence-corrected chi connectivity index (χ0v) is 17.0. The van der Waals surface area contributed by atoms with Crippen molar-refractivity contribution in [2.75, 3.05) is 6.61 Å². The van der Waals surface area contributed by atoms with Crippen molar-refractivity contribution in [1.29, 1.82) is 0 Å². The average molecular weight is 396 g/mol. The summed E-state index contributed by atoms with van der Waals surface area (Å²) in [5.74, 6) is 0. The van der Waals surface area contributed by atoms with Crippen LogP contribution in [0.4, 0.5) is 0 Å². The molecular formula is C16H33ClOSn. The molecule has 0 rings (SSSR count). The maximum atomic E-state index is 6.13. The molecule has 0 saturated heterocycles. The molecule has 0 aliphatic heterocycles. The molecule has 0 heterocycles.